The third kappa shape index (κ3) is 5.92. The lowest BCUT2D eigenvalue weighted by Gasteiger charge is -2.26. The van der Waals surface area contributed by atoms with Gasteiger partial charge in [-0.15, -0.1) is 0 Å². The number of alkyl halides is 3. The van der Waals surface area contributed by atoms with Crippen molar-refractivity contribution in [2.45, 2.75) is 57.9 Å². The number of nitrogens with one attached hydrogen (secondary N) is 1. The van der Waals surface area contributed by atoms with Crippen LogP contribution in [0.5, 0.6) is 5.75 Å². The van der Waals surface area contributed by atoms with Crippen molar-refractivity contribution in [3.63, 3.8) is 0 Å². The molecule has 2 aliphatic heterocycles. The Morgan fingerprint density at radius 1 is 1.26 bits per heavy atom. The van der Waals surface area contributed by atoms with E-state index in [1.165, 1.54) is 24.1 Å². The van der Waals surface area contributed by atoms with Gasteiger partial charge in [0.2, 0.25) is 0 Å². The highest BCUT2D eigenvalue weighted by atomic mass is 35.5. The van der Waals surface area contributed by atoms with Crippen molar-refractivity contribution in [2.24, 2.45) is 0 Å². The van der Waals surface area contributed by atoms with E-state index in [1.54, 1.807) is 0 Å². The van der Waals surface area contributed by atoms with E-state index in [0.29, 0.717) is 0 Å². The SMILES string of the molecule is Cc1cc(Cl)cc(-c2cnn3c2CCCC3)c1OC1CCNCC1.O=C(O)C(F)(F)F. The normalized spacial score (nSPS) is 16.8. The summed E-state index contributed by atoms with van der Waals surface area (Å²) in [4.78, 5) is 8.90. The van der Waals surface area contributed by atoms with Gasteiger partial charge in [0.1, 0.15) is 11.9 Å². The number of piperidine rings is 1. The van der Waals surface area contributed by atoms with Crippen LogP contribution in [-0.2, 0) is 17.8 Å². The summed E-state index contributed by atoms with van der Waals surface area (Å²) in [5.41, 5.74) is 4.70. The van der Waals surface area contributed by atoms with Crippen LogP contribution in [0.2, 0.25) is 5.02 Å². The van der Waals surface area contributed by atoms with E-state index < -0.39 is 12.1 Å². The van der Waals surface area contributed by atoms with Crippen molar-refractivity contribution in [2.75, 3.05) is 13.1 Å². The second kappa shape index (κ2) is 9.91. The van der Waals surface area contributed by atoms with Crippen molar-refractivity contribution in [3.05, 3.63) is 34.6 Å². The molecule has 0 radical (unpaired) electrons. The Hall–Kier alpha value is -2.26. The Bertz CT molecular complexity index is 925. The van der Waals surface area contributed by atoms with Crippen LogP contribution in [0, 0.1) is 6.92 Å². The molecule has 0 amide bonds. The van der Waals surface area contributed by atoms with Gasteiger partial charge in [-0.25, -0.2) is 4.79 Å². The largest absolute Gasteiger partial charge is 0.490 e. The number of carbonyl (C=O) groups is 1. The molecule has 0 bridgehead atoms. The molecule has 1 aromatic carbocycles. The minimum absolute atomic E-state index is 0.274. The molecule has 31 heavy (non-hydrogen) atoms. The third-order valence-electron chi connectivity index (χ3n) is 5.32. The predicted molar refractivity (Wildman–Crippen MR) is 111 cm³/mol. The number of fused-ring (bicyclic) bond motifs is 1. The van der Waals surface area contributed by atoms with E-state index in [9.17, 15) is 13.2 Å². The smallest absolute Gasteiger partial charge is 0.489 e. The average molecular weight is 460 g/mol. The van der Waals surface area contributed by atoms with Gasteiger partial charge in [0.15, 0.2) is 0 Å². The zero-order valence-corrected chi connectivity index (χ0v) is 17.9. The predicted octanol–water partition coefficient (Wildman–Crippen LogP) is 4.61. The van der Waals surface area contributed by atoms with Gasteiger partial charge in [-0.3, -0.25) is 4.68 Å². The molecule has 2 aromatic rings. The van der Waals surface area contributed by atoms with E-state index >= 15 is 0 Å². The van der Waals surface area contributed by atoms with Gasteiger partial charge in [-0.2, -0.15) is 18.3 Å². The summed E-state index contributed by atoms with van der Waals surface area (Å²) in [5.74, 6) is -1.78. The maximum absolute atomic E-state index is 10.6. The van der Waals surface area contributed by atoms with Crippen LogP contribution in [0.4, 0.5) is 13.2 Å². The van der Waals surface area contributed by atoms with Crippen LogP contribution in [0.25, 0.3) is 11.1 Å². The molecular weight excluding hydrogens is 435 g/mol. The fraction of sp³-hybridized carbons (Fsp3) is 0.524. The van der Waals surface area contributed by atoms with Gasteiger partial charge in [-0.1, -0.05) is 11.6 Å². The molecule has 10 heteroatoms. The highest BCUT2D eigenvalue weighted by Crippen LogP contribution is 2.39. The summed E-state index contributed by atoms with van der Waals surface area (Å²) >= 11 is 6.37. The van der Waals surface area contributed by atoms with E-state index in [4.69, 9.17) is 26.2 Å². The highest BCUT2D eigenvalue weighted by Gasteiger charge is 2.38. The Morgan fingerprint density at radius 3 is 2.58 bits per heavy atom. The maximum atomic E-state index is 10.6. The summed E-state index contributed by atoms with van der Waals surface area (Å²) in [5, 5.41) is 15.9. The van der Waals surface area contributed by atoms with E-state index in [2.05, 4.69) is 22.0 Å². The standard InChI is InChI=1S/C19H24ClN3O.C2HF3O2/c1-13-10-14(20)11-16(19(13)24-15-5-7-21-8-6-15)17-12-22-23-9-3-2-4-18(17)23;3-2(4,5)1(6)7/h10-12,15,21H,2-9H2,1H3;(H,6,7). The van der Waals surface area contributed by atoms with Crippen LogP contribution >= 0.6 is 11.6 Å². The molecular formula is C21H25ClF3N3O3. The molecule has 0 spiro atoms. The Kier molecular flexibility index (Phi) is 7.48. The molecule has 0 saturated carbocycles. The van der Waals surface area contributed by atoms with E-state index in [0.717, 1.165) is 60.8 Å². The first kappa shape index (κ1) is 23.4. The molecule has 1 fully saturated rings. The number of halogens is 4. The molecule has 0 unspecified atom stereocenters. The van der Waals surface area contributed by atoms with Gasteiger partial charge in [0, 0.05) is 28.4 Å². The first-order valence-corrected chi connectivity index (χ1v) is 10.6. The van der Waals surface area contributed by atoms with Crippen LogP contribution < -0.4 is 10.1 Å². The number of aryl methyl sites for hydroxylation is 2. The van der Waals surface area contributed by atoms with E-state index in [-0.39, 0.29) is 6.10 Å². The zero-order chi connectivity index (χ0) is 22.6. The van der Waals surface area contributed by atoms with Crippen molar-refractivity contribution in [1.29, 1.82) is 0 Å². The summed E-state index contributed by atoms with van der Waals surface area (Å²) < 4.78 is 40.3. The lowest BCUT2D eigenvalue weighted by Crippen LogP contribution is -2.34. The average Bonchev–Trinajstić information content (AvgIpc) is 3.14. The van der Waals surface area contributed by atoms with Crippen molar-refractivity contribution in [1.82, 2.24) is 15.1 Å². The van der Waals surface area contributed by atoms with Crippen molar-refractivity contribution < 1.29 is 27.8 Å². The molecule has 4 rings (SSSR count). The molecule has 3 heterocycles. The molecule has 2 N–H and O–H groups in total. The number of nitrogens with zero attached hydrogens (tertiary/aromatic N) is 2. The monoisotopic (exact) mass is 459 g/mol. The number of benzene rings is 1. The van der Waals surface area contributed by atoms with Crippen LogP contribution in [0.15, 0.2) is 18.3 Å². The molecule has 1 aromatic heterocycles. The quantitative estimate of drug-likeness (QED) is 0.700. The summed E-state index contributed by atoms with van der Waals surface area (Å²) in [6.45, 7) is 5.15. The number of rotatable bonds is 3. The number of carboxylic acids is 1. The molecule has 0 aliphatic carbocycles. The molecule has 6 nitrogen and oxygen atoms in total. The molecule has 2 aliphatic rings. The first-order valence-electron chi connectivity index (χ1n) is 10.2. The Balaban J connectivity index is 0.000000339. The summed E-state index contributed by atoms with van der Waals surface area (Å²) in [7, 11) is 0. The minimum Gasteiger partial charge on any atom is -0.489 e. The Labute approximate surface area is 183 Å². The number of carboxylic acid groups (broad SMARTS) is 1. The van der Waals surface area contributed by atoms with Crippen molar-refractivity contribution in [3.8, 4) is 16.9 Å². The fourth-order valence-electron chi connectivity index (χ4n) is 3.81. The fourth-order valence-corrected chi connectivity index (χ4v) is 4.09. The van der Waals surface area contributed by atoms with Crippen LogP contribution in [-0.4, -0.2) is 46.2 Å². The van der Waals surface area contributed by atoms with Gasteiger partial charge in [0.25, 0.3) is 0 Å². The number of hydrogen-bond donors (Lipinski definition) is 2. The lowest BCUT2D eigenvalue weighted by atomic mass is 9.98. The van der Waals surface area contributed by atoms with Gasteiger partial charge >= 0.3 is 12.1 Å². The lowest BCUT2D eigenvalue weighted by molar-refractivity contribution is -0.192. The Morgan fingerprint density at radius 2 is 1.94 bits per heavy atom. The maximum Gasteiger partial charge on any atom is 0.490 e. The van der Waals surface area contributed by atoms with Gasteiger partial charge in [-0.05, 0) is 69.8 Å². The summed E-state index contributed by atoms with van der Waals surface area (Å²) in [6, 6.07) is 4.04. The van der Waals surface area contributed by atoms with Crippen LogP contribution in [0.3, 0.4) is 0 Å². The van der Waals surface area contributed by atoms with Crippen LogP contribution in [0.1, 0.15) is 36.9 Å². The number of ether oxygens (including phenoxy) is 1. The van der Waals surface area contributed by atoms with Gasteiger partial charge in [0.05, 0.1) is 6.20 Å². The minimum atomic E-state index is -5.08. The molecule has 0 atom stereocenters. The third-order valence-corrected chi connectivity index (χ3v) is 5.54. The number of hydrogen-bond acceptors (Lipinski definition) is 4. The topological polar surface area (TPSA) is 76.4 Å². The molecule has 170 valence electrons. The van der Waals surface area contributed by atoms with Crippen molar-refractivity contribution >= 4 is 17.6 Å². The second-order valence-corrected chi connectivity index (χ2v) is 8.09. The highest BCUT2D eigenvalue weighted by molar-refractivity contribution is 6.31. The second-order valence-electron chi connectivity index (χ2n) is 7.65. The van der Waals surface area contributed by atoms with E-state index in [1.807, 2.05) is 18.3 Å². The molecule has 1 saturated heterocycles. The first-order chi connectivity index (χ1) is 14.7. The number of aromatic nitrogens is 2. The summed E-state index contributed by atoms with van der Waals surface area (Å²) in [6.07, 6.45) is 2.79. The number of aliphatic carboxylic acids is 1. The van der Waals surface area contributed by atoms with Gasteiger partial charge < -0.3 is 15.2 Å². The zero-order valence-electron chi connectivity index (χ0n) is 17.1.